The Morgan fingerprint density at radius 2 is 1.76 bits per heavy atom. The molecule has 1 unspecified atom stereocenters. The summed E-state index contributed by atoms with van der Waals surface area (Å²) in [6, 6.07) is 0.236. The van der Waals surface area contributed by atoms with Crippen LogP contribution in [0.4, 0.5) is 0 Å². The Hall–Kier alpha value is -0.570. The van der Waals surface area contributed by atoms with Crippen LogP contribution in [0.15, 0.2) is 0 Å². The van der Waals surface area contributed by atoms with E-state index in [1.807, 2.05) is 0 Å². The molecule has 100 valence electrons. The molecule has 1 amide bonds. The van der Waals surface area contributed by atoms with Crippen molar-refractivity contribution in [3.8, 4) is 0 Å². The van der Waals surface area contributed by atoms with Crippen LogP contribution in [0.5, 0.6) is 0 Å². The maximum atomic E-state index is 12.2. The number of rotatable bonds is 5. The molecule has 17 heavy (non-hydrogen) atoms. The van der Waals surface area contributed by atoms with Gasteiger partial charge < -0.3 is 11.1 Å². The highest BCUT2D eigenvalue weighted by molar-refractivity contribution is 5.86. The molecule has 0 aromatic rings. The van der Waals surface area contributed by atoms with Crippen LogP contribution in [0.25, 0.3) is 0 Å². The van der Waals surface area contributed by atoms with Crippen LogP contribution in [0, 0.1) is 5.92 Å². The van der Waals surface area contributed by atoms with Gasteiger partial charge in [0.2, 0.25) is 5.91 Å². The molecule has 1 aliphatic rings. The first-order valence-corrected chi connectivity index (χ1v) is 7.13. The highest BCUT2D eigenvalue weighted by Crippen LogP contribution is 2.26. The van der Waals surface area contributed by atoms with Crippen LogP contribution in [0.3, 0.4) is 0 Å². The SMILES string of the molecule is CCC(CC)C(C)NC(=O)C1(N)CCCCC1. The molecule has 1 saturated carbocycles. The van der Waals surface area contributed by atoms with Crippen LogP contribution in [0.1, 0.15) is 65.7 Å². The minimum Gasteiger partial charge on any atom is -0.352 e. The largest absolute Gasteiger partial charge is 0.352 e. The molecule has 1 fully saturated rings. The topological polar surface area (TPSA) is 55.1 Å². The fourth-order valence-corrected chi connectivity index (χ4v) is 2.87. The van der Waals surface area contributed by atoms with Crippen molar-refractivity contribution < 1.29 is 4.79 Å². The molecule has 0 saturated heterocycles. The Kier molecular flexibility index (Phi) is 5.44. The lowest BCUT2D eigenvalue weighted by atomic mass is 9.81. The summed E-state index contributed by atoms with van der Waals surface area (Å²) in [5.74, 6) is 0.628. The summed E-state index contributed by atoms with van der Waals surface area (Å²) in [6.45, 7) is 6.45. The van der Waals surface area contributed by atoms with Gasteiger partial charge in [0.05, 0.1) is 5.54 Å². The average Bonchev–Trinajstić information content (AvgIpc) is 2.31. The van der Waals surface area contributed by atoms with Crippen LogP contribution in [-0.4, -0.2) is 17.5 Å². The van der Waals surface area contributed by atoms with Gasteiger partial charge in [-0.15, -0.1) is 0 Å². The summed E-state index contributed by atoms with van der Waals surface area (Å²) in [6.07, 6.45) is 7.29. The molecule has 1 atom stereocenters. The first-order chi connectivity index (χ1) is 8.03. The molecule has 0 heterocycles. The van der Waals surface area contributed by atoms with Gasteiger partial charge in [0.1, 0.15) is 0 Å². The standard InChI is InChI=1S/C14H28N2O/c1-4-12(5-2)11(3)16-13(17)14(15)9-7-6-8-10-14/h11-12H,4-10,15H2,1-3H3,(H,16,17). The van der Waals surface area contributed by atoms with Crippen LogP contribution >= 0.6 is 0 Å². The lowest BCUT2D eigenvalue weighted by Crippen LogP contribution is -2.57. The van der Waals surface area contributed by atoms with E-state index in [0.29, 0.717) is 5.92 Å². The second-order valence-corrected chi connectivity index (χ2v) is 5.56. The third-order valence-electron chi connectivity index (χ3n) is 4.31. The molecular weight excluding hydrogens is 212 g/mol. The predicted molar refractivity (Wildman–Crippen MR) is 71.7 cm³/mol. The summed E-state index contributed by atoms with van der Waals surface area (Å²) < 4.78 is 0. The first-order valence-electron chi connectivity index (χ1n) is 7.13. The van der Waals surface area contributed by atoms with Crippen molar-refractivity contribution in [3.05, 3.63) is 0 Å². The second-order valence-electron chi connectivity index (χ2n) is 5.56. The molecule has 0 bridgehead atoms. The van der Waals surface area contributed by atoms with E-state index in [9.17, 15) is 4.79 Å². The van der Waals surface area contributed by atoms with Crippen molar-refractivity contribution in [2.24, 2.45) is 11.7 Å². The van der Waals surface area contributed by atoms with Crippen molar-refractivity contribution >= 4 is 5.91 Å². The van der Waals surface area contributed by atoms with Gasteiger partial charge in [-0.05, 0) is 25.7 Å². The third kappa shape index (κ3) is 3.70. The molecule has 0 aliphatic heterocycles. The number of hydrogen-bond acceptors (Lipinski definition) is 2. The Bertz CT molecular complexity index is 243. The van der Waals surface area contributed by atoms with Crippen LogP contribution in [0.2, 0.25) is 0 Å². The zero-order valence-corrected chi connectivity index (χ0v) is 11.6. The van der Waals surface area contributed by atoms with Gasteiger partial charge in [-0.2, -0.15) is 0 Å². The molecule has 3 heteroatoms. The van der Waals surface area contributed by atoms with E-state index >= 15 is 0 Å². The van der Waals surface area contributed by atoms with E-state index in [4.69, 9.17) is 5.73 Å². The van der Waals surface area contributed by atoms with Gasteiger partial charge in [-0.25, -0.2) is 0 Å². The van der Waals surface area contributed by atoms with E-state index in [-0.39, 0.29) is 11.9 Å². The van der Waals surface area contributed by atoms with Crippen molar-refractivity contribution in [2.45, 2.75) is 77.3 Å². The van der Waals surface area contributed by atoms with E-state index in [0.717, 1.165) is 38.5 Å². The molecular formula is C14H28N2O. The fraction of sp³-hybridized carbons (Fsp3) is 0.929. The van der Waals surface area contributed by atoms with Gasteiger partial charge in [0.25, 0.3) is 0 Å². The zero-order valence-electron chi connectivity index (χ0n) is 11.6. The second kappa shape index (κ2) is 6.39. The van der Waals surface area contributed by atoms with Gasteiger partial charge in [-0.1, -0.05) is 46.0 Å². The quantitative estimate of drug-likeness (QED) is 0.776. The summed E-state index contributed by atoms with van der Waals surface area (Å²) in [7, 11) is 0. The lowest BCUT2D eigenvalue weighted by molar-refractivity contribution is -0.128. The Morgan fingerprint density at radius 1 is 1.24 bits per heavy atom. The molecule has 0 aromatic carbocycles. The number of carbonyl (C=O) groups is 1. The first kappa shape index (κ1) is 14.5. The number of hydrogen-bond donors (Lipinski definition) is 2. The van der Waals surface area contributed by atoms with Gasteiger partial charge >= 0.3 is 0 Å². The van der Waals surface area contributed by atoms with E-state index in [2.05, 4.69) is 26.1 Å². The Labute approximate surface area is 106 Å². The van der Waals surface area contributed by atoms with E-state index in [1.54, 1.807) is 0 Å². The lowest BCUT2D eigenvalue weighted by Gasteiger charge is -2.34. The number of nitrogens with two attached hydrogens (primary N) is 1. The summed E-state index contributed by atoms with van der Waals surface area (Å²) in [5.41, 5.74) is 5.62. The highest BCUT2D eigenvalue weighted by Gasteiger charge is 2.36. The summed E-state index contributed by atoms with van der Waals surface area (Å²) in [5, 5.41) is 3.13. The number of nitrogens with one attached hydrogen (secondary N) is 1. The number of carbonyl (C=O) groups excluding carboxylic acids is 1. The fourth-order valence-electron chi connectivity index (χ4n) is 2.87. The van der Waals surface area contributed by atoms with Crippen molar-refractivity contribution in [2.75, 3.05) is 0 Å². The van der Waals surface area contributed by atoms with Gasteiger partial charge in [0.15, 0.2) is 0 Å². The average molecular weight is 240 g/mol. The summed E-state index contributed by atoms with van der Waals surface area (Å²) >= 11 is 0. The monoisotopic (exact) mass is 240 g/mol. The minimum atomic E-state index is -0.599. The van der Waals surface area contributed by atoms with Gasteiger partial charge in [0, 0.05) is 6.04 Å². The molecule has 3 nitrogen and oxygen atoms in total. The maximum Gasteiger partial charge on any atom is 0.240 e. The Morgan fingerprint density at radius 3 is 2.24 bits per heavy atom. The molecule has 1 rings (SSSR count). The molecule has 0 aromatic heterocycles. The predicted octanol–water partition coefficient (Wildman–Crippen LogP) is 2.59. The molecule has 0 spiro atoms. The van der Waals surface area contributed by atoms with Gasteiger partial charge in [-0.3, -0.25) is 4.79 Å². The van der Waals surface area contributed by atoms with E-state index < -0.39 is 5.54 Å². The van der Waals surface area contributed by atoms with Crippen molar-refractivity contribution in [1.29, 1.82) is 0 Å². The highest BCUT2D eigenvalue weighted by atomic mass is 16.2. The van der Waals surface area contributed by atoms with Crippen molar-refractivity contribution in [3.63, 3.8) is 0 Å². The van der Waals surface area contributed by atoms with Crippen LogP contribution < -0.4 is 11.1 Å². The maximum absolute atomic E-state index is 12.2. The summed E-state index contributed by atoms with van der Waals surface area (Å²) in [4.78, 5) is 12.2. The molecule has 1 aliphatic carbocycles. The smallest absolute Gasteiger partial charge is 0.240 e. The van der Waals surface area contributed by atoms with E-state index in [1.165, 1.54) is 6.42 Å². The van der Waals surface area contributed by atoms with Crippen LogP contribution in [-0.2, 0) is 4.79 Å². The normalized spacial score (nSPS) is 21.2. The number of amides is 1. The van der Waals surface area contributed by atoms with Crippen molar-refractivity contribution in [1.82, 2.24) is 5.32 Å². The third-order valence-corrected chi connectivity index (χ3v) is 4.31. The molecule has 3 N–H and O–H groups in total. The minimum absolute atomic E-state index is 0.0663. The molecule has 0 radical (unpaired) electrons. The zero-order chi connectivity index (χ0) is 12.9. The Balaban J connectivity index is 2.52.